The lowest BCUT2D eigenvalue weighted by atomic mass is 9.83. The first kappa shape index (κ1) is 15.4. The van der Waals surface area contributed by atoms with Gasteiger partial charge in [0.05, 0.1) is 0 Å². The van der Waals surface area contributed by atoms with Crippen molar-refractivity contribution in [3.05, 3.63) is 6.07 Å². The maximum atomic E-state index is 4.67. The molecule has 1 aromatic heterocycles. The third-order valence-corrected chi connectivity index (χ3v) is 4.42. The van der Waals surface area contributed by atoms with Crippen molar-refractivity contribution in [2.24, 2.45) is 5.41 Å². The molecule has 1 saturated heterocycles. The van der Waals surface area contributed by atoms with Crippen LogP contribution in [0.15, 0.2) is 11.2 Å². The van der Waals surface area contributed by atoms with Crippen molar-refractivity contribution < 1.29 is 0 Å². The van der Waals surface area contributed by atoms with Crippen LogP contribution in [-0.2, 0) is 0 Å². The quantitative estimate of drug-likeness (QED) is 0.663. The molecule has 0 radical (unpaired) electrons. The second kappa shape index (κ2) is 6.66. The molecule has 0 aromatic carbocycles. The summed E-state index contributed by atoms with van der Waals surface area (Å²) >= 11 is 1.61. The normalized spacial score (nSPS) is 18.1. The molecule has 0 spiro atoms. The van der Waals surface area contributed by atoms with Crippen LogP contribution in [0.5, 0.6) is 0 Å². The molecule has 0 amide bonds. The summed E-state index contributed by atoms with van der Waals surface area (Å²) in [6.45, 7) is 10.0. The maximum absolute atomic E-state index is 4.67. The van der Waals surface area contributed by atoms with Crippen LogP contribution in [0.25, 0.3) is 0 Å². The Hall–Kier alpha value is -0.970. The Bertz CT molecular complexity index is 437. The zero-order valence-corrected chi connectivity index (χ0v) is 13.9. The molecule has 0 aliphatic carbocycles. The van der Waals surface area contributed by atoms with Gasteiger partial charge in [-0.05, 0) is 30.9 Å². The van der Waals surface area contributed by atoms with Crippen LogP contribution in [0.1, 0.15) is 40.0 Å². The third-order valence-electron chi connectivity index (χ3n) is 3.87. The molecule has 1 N–H and O–H groups in total. The minimum Gasteiger partial charge on any atom is -0.370 e. The molecule has 1 aliphatic heterocycles. The summed E-state index contributed by atoms with van der Waals surface area (Å²) in [4.78, 5) is 11.6. The number of piperidine rings is 1. The second-order valence-electron chi connectivity index (χ2n) is 6.18. The number of anilines is 2. The Morgan fingerprint density at radius 3 is 2.60 bits per heavy atom. The number of thioether (sulfide) groups is 1. The van der Waals surface area contributed by atoms with Gasteiger partial charge in [0.1, 0.15) is 11.6 Å². The van der Waals surface area contributed by atoms with Gasteiger partial charge in [-0.1, -0.05) is 32.5 Å². The lowest BCUT2D eigenvalue weighted by Crippen LogP contribution is -2.37. The first-order valence-electron chi connectivity index (χ1n) is 7.46. The molecule has 1 aliphatic rings. The molecule has 2 heterocycles. The number of hydrogen-bond donors (Lipinski definition) is 1. The molecule has 4 nitrogen and oxygen atoms in total. The van der Waals surface area contributed by atoms with Crippen molar-refractivity contribution in [3.63, 3.8) is 0 Å². The van der Waals surface area contributed by atoms with Gasteiger partial charge in [0, 0.05) is 25.7 Å². The second-order valence-corrected chi connectivity index (χ2v) is 6.95. The predicted octanol–water partition coefficient (Wildman–Crippen LogP) is 3.65. The molecule has 20 heavy (non-hydrogen) atoms. The molecular weight excluding hydrogens is 268 g/mol. The van der Waals surface area contributed by atoms with Gasteiger partial charge in [0.2, 0.25) is 0 Å². The van der Waals surface area contributed by atoms with E-state index in [-0.39, 0.29) is 0 Å². The van der Waals surface area contributed by atoms with Gasteiger partial charge < -0.3 is 10.2 Å². The molecular formula is C15H26N4S. The van der Waals surface area contributed by atoms with Crippen molar-refractivity contribution in [3.8, 4) is 0 Å². The fourth-order valence-electron chi connectivity index (χ4n) is 2.35. The predicted molar refractivity (Wildman–Crippen MR) is 87.8 cm³/mol. The number of aromatic nitrogens is 2. The van der Waals surface area contributed by atoms with Crippen LogP contribution in [0.4, 0.5) is 11.6 Å². The zero-order valence-electron chi connectivity index (χ0n) is 13.1. The molecule has 0 atom stereocenters. The van der Waals surface area contributed by atoms with Crippen molar-refractivity contribution in [2.45, 2.75) is 45.2 Å². The first-order chi connectivity index (χ1) is 9.54. The van der Waals surface area contributed by atoms with E-state index in [1.54, 1.807) is 11.8 Å². The van der Waals surface area contributed by atoms with Crippen LogP contribution < -0.4 is 10.2 Å². The van der Waals surface area contributed by atoms with E-state index in [0.717, 1.165) is 42.8 Å². The first-order valence-corrected chi connectivity index (χ1v) is 8.68. The highest BCUT2D eigenvalue weighted by Crippen LogP contribution is 2.32. The summed E-state index contributed by atoms with van der Waals surface area (Å²) in [5.74, 6) is 2.02. The standard InChI is InChI=1S/C15H26N4S/c1-5-8-16-12-11-13(18-14(17-12)20-4)19-9-6-15(2,3)7-10-19/h11H,5-10H2,1-4H3,(H,16,17,18). The van der Waals surface area contributed by atoms with Gasteiger partial charge >= 0.3 is 0 Å². The van der Waals surface area contributed by atoms with Gasteiger partial charge in [0.25, 0.3) is 0 Å². The van der Waals surface area contributed by atoms with E-state index < -0.39 is 0 Å². The van der Waals surface area contributed by atoms with Crippen LogP contribution >= 0.6 is 11.8 Å². The molecule has 5 heteroatoms. The van der Waals surface area contributed by atoms with Crippen LogP contribution in [-0.4, -0.2) is 35.9 Å². The minimum atomic E-state index is 0.467. The Balaban J connectivity index is 2.14. The highest BCUT2D eigenvalue weighted by atomic mass is 32.2. The zero-order chi connectivity index (χ0) is 14.6. The molecule has 1 aromatic rings. The van der Waals surface area contributed by atoms with E-state index in [1.165, 1.54) is 12.8 Å². The SMILES string of the molecule is CCCNc1cc(N2CCC(C)(C)CC2)nc(SC)n1. The van der Waals surface area contributed by atoms with Crippen LogP contribution in [0.2, 0.25) is 0 Å². The van der Waals surface area contributed by atoms with Gasteiger partial charge in [0.15, 0.2) is 5.16 Å². The summed E-state index contributed by atoms with van der Waals surface area (Å²) in [5.41, 5.74) is 0.467. The van der Waals surface area contributed by atoms with E-state index in [1.807, 2.05) is 6.26 Å². The summed E-state index contributed by atoms with van der Waals surface area (Å²) in [6.07, 6.45) is 5.58. The van der Waals surface area contributed by atoms with Crippen molar-refractivity contribution in [1.82, 2.24) is 9.97 Å². The Kier molecular flexibility index (Phi) is 5.13. The lowest BCUT2D eigenvalue weighted by Gasteiger charge is -2.37. The largest absolute Gasteiger partial charge is 0.370 e. The summed E-state index contributed by atoms with van der Waals surface area (Å²) in [5, 5.41) is 4.23. The van der Waals surface area contributed by atoms with Gasteiger partial charge in [-0.3, -0.25) is 0 Å². The fraction of sp³-hybridized carbons (Fsp3) is 0.733. The summed E-state index contributed by atoms with van der Waals surface area (Å²) in [6, 6.07) is 2.09. The third kappa shape index (κ3) is 4.01. The molecule has 0 saturated carbocycles. The van der Waals surface area contributed by atoms with E-state index >= 15 is 0 Å². The topological polar surface area (TPSA) is 41.0 Å². The smallest absolute Gasteiger partial charge is 0.191 e. The Morgan fingerprint density at radius 2 is 2.00 bits per heavy atom. The molecule has 112 valence electrons. The Labute approximate surface area is 126 Å². The molecule has 1 fully saturated rings. The van der Waals surface area contributed by atoms with Gasteiger partial charge in [-0.15, -0.1) is 0 Å². The van der Waals surface area contributed by atoms with E-state index in [0.29, 0.717) is 5.41 Å². The van der Waals surface area contributed by atoms with Crippen molar-refractivity contribution in [1.29, 1.82) is 0 Å². The Morgan fingerprint density at radius 1 is 1.30 bits per heavy atom. The number of nitrogens with zero attached hydrogens (tertiary/aromatic N) is 3. The van der Waals surface area contributed by atoms with Crippen LogP contribution in [0.3, 0.4) is 0 Å². The average Bonchev–Trinajstić information content (AvgIpc) is 2.44. The van der Waals surface area contributed by atoms with Crippen LogP contribution in [0, 0.1) is 5.41 Å². The maximum Gasteiger partial charge on any atom is 0.191 e. The summed E-state index contributed by atoms with van der Waals surface area (Å²) < 4.78 is 0. The van der Waals surface area contributed by atoms with E-state index in [2.05, 4.69) is 47.0 Å². The van der Waals surface area contributed by atoms with Gasteiger partial charge in [-0.25, -0.2) is 9.97 Å². The van der Waals surface area contributed by atoms with Crippen molar-refractivity contribution in [2.75, 3.05) is 36.1 Å². The highest BCUT2D eigenvalue weighted by molar-refractivity contribution is 7.98. The molecule has 0 bridgehead atoms. The van der Waals surface area contributed by atoms with E-state index in [4.69, 9.17) is 0 Å². The lowest BCUT2D eigenvalue weighted by molar-refractivity contribution is 0.279. The fourth-order valence-corrected chi connectivity index (χ4v) is 2.73. The molecule has 0 unspecified atom stereocenters. The average molecular weight is 294 g/mol. The van der Waals surface area contributed by atoms with Gasteiger partial charge in [-0.2, -0.15) is 0 Å². The van der Waals surface area contributed by atoms with E-state index in [9.17, 15) is 0 Å². The number of hydrogen-bond acceptors (Lipinski definition) is 5. The number of nitrogens with one attached hydrogen (secondary N) is 1. The minimum absolute atomic E-state index is 0.467. The monoisotopic (exact) mass is 294 g/mol. The number of rotatable bonds is 5. The van der Waals surface area contributed by atoms with Crippen molar-refractivity contribution >= 4 is 23.4 Å². The molecule has 2 rings (SSSR count). The summed E-state index contributed by atoms with van der Waals surface area (Å²) in [7, 11) is 0. The highest BCUT2D eigenvalue weighted by Gasteiger charge is 2.26.